The molecule has 1 unspecified atom stereocenters. The SMILES string of the molecule is Cc1ccc(S(=O)(=O)N(CC(=O)N(Cc2ccc(Cl)cc2)C(Cc2ccccc2)C(=O)NCC(C)C)c2ccc(C(C)C)cc2)cc1. The Labute approximate surface area is 284 Å². The number of nitrogens with zero attached hydrogens (tertiary/aromatic N) is 2. The first-order valence-corrected chi connectivity index (χ1v) is 17.7. The molecule has 0 bridgehead atoms. The highest BCUT2D eigenvalue weighted by Gasteiger charge is 2.34. The van der Waals surface area contributed by atoms with Gasteiger partial charge in [-0.3, -0.25) is 13.9 Å². The number of sulfonamides is 1. The molecule has 47 heavy (non-hydrogen) atoms. The summed E-state index contributed by atoms with van der Waals surface area (Å²) in [5.41, 5.74) is 3.95. The van der Waals surface area contributed by atoms with Crippen molar-refractivity contribution in [2.24, 2.45) is 5.92 Å². The van der Waals surface area contributed by atoms with Crippen molar-refractivity contribution in [2.45, 2.75) is 64.4 Å². The van der Waals surface area contributed by atoms with Gasteiger partial charge in [-0.2, -0.15) is 0 Å². The predicted octanol–water partition coefficient (Wildman–Crippen LogP) is 7.38. The molecule has 4 rings (SSSR count). The first-order chi connectivity index (χ1) is 22.3. The number of amides is 2. The summed E-state index contributed by atoms with van der Waals surface area (Å²) in [4.78, 5) is 30.1. The van der Waals surface area contributed by atoms with Crippen molar-refractivity contribution in [3.05, 3.63) is 130 Å². The van der Waals surface area contributed by atoms with Gasteiger partial charge in [-0.05, 0) is 71.8 Å². The monoisotopic (exact) mass is 673 g/mol. The minimum Gasteiger partial charge on any atom is -0.354 e. The van der Waals surface area contributed by atoms with Gasteiger partial charge in [0.1, 0.15) is 12.6 Å². The van der Waals surface area contributed by atoms with Crippen LogP contribution in [0.1, 0.15) is 55.9 Å². The molecule has 4 aromatic rings. The summed E-state index contributed by atoms with van der Waals surface area (Å²) in [6.45, 7) is 10.0. The molecular weight excluding hydrogens is 630 g/mol. The van der Waals surface area contributed by atoms with Gasteiger partial charge in [-0.15, -0.1) is 0 Å². The summed E-state index contributed by atoms with van der Waals surface area (Å²) in [6.07, 6.45) is 0.248. The van der Waals surface area contributed by atoms with Gasteiger partial charge in [-0.25, -0.2) is 8.42 Å². The maximum atomic E-state index is 14.6. The molecule has 9 heteroatoms. The Hall–Kier alpha value is -4.14. The Morgan fingerprint density at radius 2 is 1.40 bits per heavy atom. The van der Waals surface area contributed by atoms with Gasteiger partial charge >= 0.3 is 0 Å². The minimum absolute atomic E-state index is 0.0728. The molecule has 248 valence electrons. The Morgan fingerprint density at radius 1 is 0.787 bits per heavy atom. The summed E-state index contributed by atoms with van der Waals surface area (Å²) in [6, 6.07) is 29.5. The second-order valence-corrected chi connectivity index (χ2v) is 14.9. The quantitative estimate of drug-likeness (QED) is 0.151. The van der Waals surface area contributed by atoms with E-state index in [4.69, 9.17) is 11.6 Å². The van der Waals surface area contributed by atoms with Gasteiger partial charge in [0.2, 0.25) is 11.8 Å². The lowest BCUT2D eigenvalue weighted by Gasteiger charge is -2.34. The van der Waals surface area contributed by atoms with E-state index in [9.17, 15) is 18.0 Å². The smallest absolute Gasteiger partial charge is 0.264 e. The number of rotatable bonds is 14. The molecule has 0 spiro atoms. The lowest BCUT2D eigenvalue weighted by atomic mass is 10.0. The molecule has 1 atom stereocenters. The molecule has 2 amide bonds. The van der Waals surface area contributed by atoms with Gasteiger partial charge in [0.15, 0.2) is 0 Å². The largest absolute Gasteiger partial charge is 0.354 e. The van der Waals surface area contributed by atoms with Gasteiger partial charge < -0.3 is 10.2 Å². The average Bonchev–Trinajstić information content (AvgIpc) is 3.05. The van der Waals surface area contributed by atoms with Gasteiger partial charge in [0.25, 0.3) is 10.0 Å². The third-order valence-corrected chi connectivity index (χ3v) is 10.00. The molecule has 0 aliphatic rings. The number of nitrogens with one attached hydrogen (secondary N) is 1. The summed E-state index contributed by atoms with van der Waals surface area (Å²) in [5, 5.41) is 3.55. The highest BCUT2D eigenvalue weighted by Crippen LogP contribution is 2.27. The number of carbonyl (C=O) groups is 2. The van der Waals surface area contributed by atoms with Crippen LogP contribution < -0.4 is 9.62 Å². The van der Waals surface area contributed by atoms with E-state index in [1.54, 1.807) is 60.7 Å². The normalized spacial score (nSPS) is 12.2. The molecule has 0 fully saturated rings. The third-order valence-electron chi connectivity index (χ3n) is 7.96. The second-order valence-electron chi connectivity index (χ2n) is 12.6. The van der Waals surface area contributed by atoms with E-state index in [0.29, 0.717) is 17.3 Å². The Kier molecular flexibility index (Phi) is 12.2. The molecule has 0 aromatic heterocycles. The average molecular weight is 674 g/mol. The number of anilines is 1. The standard InChI is InChI=1S/C38H44ClN3O4S/c1-27(2)24-40-38(44)36(23-30-9-7-6-8-10-30)41(25-31-13-17-33(39)18-14-31)37(43)26-42(34-19-15-32(16-20-34)28(3)4)47(45,46)35-21-11-29(5)12-22-35/h6-22,27-28,36H,23-26H2,1-5H3,(H,40,44). The van der Waals surface area contributed by atoms with Crippen molar-refractivity contribution >= 4 is 39.1 Å². The number of halogens is 1. The molecule has 0 aliphatic heterocycles. The first-order valence-electron chi connectivity index (χ1n) is 15.9. The lowest BCUT2D eigenvalue weighted by molar-refractivity contribution is -0.140. The molecule has 7 nitrogen and oxygen atoms in total. The van der Waals surface area contributed by atoms with E-state index >= 15 is 0 Å². The molecule has 0 heterocycles. The number of benzene rings is 4. The van der Waals surface area contributed by atoms with Crippen molar-refractivity contribution in [3.63, 3.8) is 0 Å². The van der Waals surface area contributed by atoms with Crippen LogP contribution in [0.5, 0.6) is 0 Å². The zero-order chi connectivity index (χ0) is 34.1. The lowest BCUT2D eigenvalue weighted by Crippen LogP contribution is -2.53. The zero-order valence-corrected chi connectivity index (χ0v) is 29.3. The third kappa shape index (κ3) is 9.69. The zero-order valence-electron chi connectivity index (χ0n) is 27.7. The van der Waals surface area contributed by atoms with Crippen LogP contribution >= 0.6 is 11.6 Å². The highest BCUT2D eigenvalue weighted by molar-refractivity contribution is 7.92. The molecule has 1 N–H and O–H groups in total. The van der Waals surface area contributed by atoms with E-state index in [1.807, 2.05) is 63.2 Å². The fourth-order valence-electron chi connectivity index (χ4n) is 5.15. The van der Waals surface area contributed by atoms with Crippen LogP contribution in [0.25, 0.3) is 0 Å². The predicted molar refractivity (Wildman–Crippen MR) is 190 cm³/mol. The van der Waals surface area contributed by atoms with Crippen LogP contribution in [-0.2, 0) is 32.6 Å². The molecule has 0 saturated carbocycles. The summed E-state index contributed by atoms with van der Waals surface area (Å²) < 4.78 is 29.6. The van der Waals surface area contributed by atoms with E-state index in [1.165, 1.54) is 4.90 Å². The molecule has 4 aromatic carbocycles. The van der Waals surface area contributed by atoms with E-state index in [2.05, 4.69) is 19.2 Å². The molecule has 0 saturated heterocycles. The van der Waals surface area contributed by atoms with Crippen LogP contribution in [0, 0.1) is 12.8 Å². The summed E-state index contributed by atoms with van der Waals surface area (Å²) >= 11 is 6.17. The number of hydrogen-bond donors (Lipinski definition) is 1. The summed E-state index contributed by atoms with van der Waals surface area (Å²) in [5.74, 6) is -0.380. The van der Waals surface area contributed by atoms with Crippen LogP contribution in [0.4, 0.5) is 5.69 Å². The van der Waals surface area contributed by atoms with Crippen molar-refractivity contribution in [1.82, 2.24) is 10.2 Å². The van der Waals surface area contributed by atoms with Crippen molar-refractivity contribution in [1.29, 1.82) is 0 Å². The van der Waals surface area contributed by atoms with Crippen molar-refractivity contribution in [2.75, 3.05) is 17.4 Å². The van der Waals surface area contributed by atoms with Crippen LogP contribution in [0.3, 0.4) is 0 Å². The second kappa shape index (κ2) is 16.1. The number of aryl methyl sites for hydroxylation is 1. The van der Waals surface area contributed by atoms with Crippen LogP contribution in [0.2, 0.25) is 5.02 Å². The van der Waals surface area contributed by atoms with Gasteiger partial charge in [0.05, 0.1) is 10.6 Å². The van der Waals surface area contributed by atoms with Crippen LogP contribution in [0.15, 0.2) is 108 Å². The van der Waals surface area contributed by atoms with Gasteiger partial charge in [0, 0.05) is 24.5 Å². The van der Waals surface area contributed by atoms with Crippen molar-refractivity contribution < 1.29 is 18.0 Å². The first kappa shape index (κ1) is 35.7. The fourth-order valence-corrected chi connectivity index (χ4v) is 6.69. The molecular formula is C38H44ClN3O4S. The maximum absolute atomic E-state index is 14.6. The van der Waals surface area contributed by atoms with Crippen molar-refractivity contribution in [3.8, 4) is 0 Å². The molecule has 0 radical (unpaired) electrons. The van der Waals surface area contributed by atoms with E-state index in [0.717, 1.165) is 26.6 Å². The van der Waals surface area contributed by atoms with E-state index in [-0.39, 0.29) is 35.6 Å². The number of carbonyl (C=O) groups excluding carboxylic acids is 2. The summed E-state index contributed by atoms with van der Waals surface area (Å²) in [7, 11) is -4.17. The highest BCUT2D eigenvalue weighted by atomic mass is 35.5. The Bertz CT molecular complexity index is 1720. The minimum atomic E-state index is -4.17. The Morgan fingerprint density at radius 3 is 1.98 bits per heavy atom. The Balaban J connectivity index is 1.80. The number of hydrogen-bond acceptors (Lipinski definition) is 4. The topological polar surface area (TPSA) is 86.8 Å². The maximum Gasteiger partial charge on any atom is 0.264 e. The van der Waals surface area contributed by atoms with Crippen LogP contribution in [-0.4, -0.2) is 44.3 Å². The van der Waals surface area contributed by atoms with Gasteiger partial charge in [-0.1, -0.05) is 112 Å². The fraction of sp³-hybridized carbons (Fsp3) is 0.316. The molecule has 0 aliphatic carbocycles. The van der Waals surface area contributed by atoms with E-state index < -0.39 is 28.5 Å².